The lowest BCUT2D eigenvalue weighted by Crippen LogP contribution is -2.16. The Balaban J connectivity index is 1.66. The topological polar surface area (TPSA) is 76.5 Å². The molecule has 1 saturated carbocycles. The fourth-order valence-electron chi connectivity index (χ4n) is 4.02. The Bertz CT molecular complexity index is 957. The Hall–Kier alpha value is -2.76. The van der Waals surface area contributed by atoms with Gasteiger partial charge < -0.3 is 4.98 Å². The van der Waals surface area contributed by atoms with Crippen molar-refractivity contribution < 1.29 is 0 Å². The Labute approximate surface area is 158 Å². The Morgan fingerprint density at radius 1 is 1.07 bits per heavy atom. The van der Waals surface area contributed by atoms with E-state index in [4.69, 9.17) is 10.1 Å². The van der Waals surface area contributed by atoms with E-state index in [1.807, 2.05) is 36.7 Å². The molecule has 0 spiro atoms. The van der Waals surface area contributed by atoms with Gasteiger partial charge in [0.1, 0.15) is 5.82 Å². The highest BCUT2D eigenvalue weighted by molar-refractivity contribution is 5.32. The predicted octanol–water partition coefficient (Wildman–Crippen LogP) is 3.41. The molecule has 140 valence electrons. The smallest absolute Gasteiger partial charge is 0.310 e. The summed E-state index contributed by atoms with van der Waals surface area (Å²) in [5.41, 5.74) is 3.51. The minimum Gasteiger partial charge on any atom is -0.310 e. The first-order chi connectivity index (χ1) is 13.1. The van der Waals surface area contributed by atoms with Crippen LogP contribution >= 0.6 is 0 Å². The van der Waals surface area contributed by atoms with Crippen LogP contribution < -0.4 is 5.69 Å². The first-order valence-corrected chi connectivity index (χ1v) is 9.69. The zero-order valence-corrected chi connectivity index (χ0v) is 15.9. The van der Waals surface area contributed by atoms with Gasteiger partial charge in [-0.2, -0.15) is 10.1 Å². The summed E-state index contributed by atoms with van der Waals surface area (Å²) in [6, 6.07) is 10.2. The van der Waals surface area contributed by atoms with Crippen molar-refractivity contribution in [1.82, 2.24) is 24.7 Å². The number of nitrogens with zero attached hydrogens (tertiary/aromatic N) is 4. The van der Waals surface area contributed by atoms with Crippen LogP contribution in [0, 0.1) is 13.8 Å². The molecule has 1 fully saturated rings. The van der Waals surface area contributed by atoms with Gasteiger partial charge in [-0.15, -0.1) is 0 Å². The van der Waals surface area contributed by atoms with Crippen LogP contribution in [0.4, 0.5) is 0 Å². The predicted molar refractivity (Wildman–Crippen MR) is 104 cm³/mol. The third-order valence-electron chi connectivity index (χ3n) is 5.46. The summed E-state index contributed by atoms with van der Waals surface area (Å²) in [5, 5.41) is 4.87. The van der Waals surface area contributed by atoms with Crippen LogP contribution in [0.25, 0.3) is 5.69 Å². The van der Waals surface area contributed by atoms with Gasteiger partial charge in [-0.3, -0.25) is 0 Å². The van der Waals surface area contributed by atoms with E-state index in [1.165, 1.54) is 25.7 Å². The lowest BCUT2D eigenvalue weighted by Gasteiger charge is -2.09. The second kappa shape index (κ2) is 7.47. The van der Waals surface area contributed by atoms with E-state index < -0.39 is 0 Å². The lowest BCUT2D eigenvalue weighted by molar-refractivity contribution is 0.662. The molecular formula is C21H25N5O. The number of hydrogen-bond donors (Lipinski definition) is 1. The fraction of sp³-hybridized carbons (Fsp3) is 0.429. The number of hydrogen-bond acceptors (Lipinski definition) is 4. The molecule has 0 unspecified atom stereocenters. The second-order valence-electron chi connectivity index (χ2n) is 7.35. The van der Waals surface area contributed by atoms with E-state index in [2.05, 4.69) is 22.1 Å². The lowest BCUT2D eigenvalue weighted by atomic mass is 10.1. The van der Waals surface area contributed by atoms with Crippen LogP contribution in [0.5, 0.6) is 0 Å². The molecule has 1 N–H and O–H groups in total. The molecule has 6 nitrogen and oxygen atoms in total. The second-order valence-corrected chi connectivity index (χ2v) is 7.35. The van der Waals surface area contributed by atoms with Gasteiger partial charge in [0.15, 0.2) is 5.82 Å². The maximum absolute atomic E-state index is 11.5. The van der Waals surface area contributed by atoms with Crippen molar-refractivity contribution in [1.29, 1.82) is 0 Å². The normalized spacial score (nSPS) is 14.7. The quantitative estimate of drug-likeness (QED) is 0.754. The SMILES string of the molecule is Cc1nc(=O)[nH]c(C)c1CCc1nc(C2CCCC2)nn1-c1ccccc1. The largest absolute Gasteiger partial charge is 0.345 e. The van der Waals surface area contributed by atoms with Gasteiger partial charge >= 0.3 is 5.69 Å². The number of H-pyrrole nitrogens is 1. The summed E-state index contributed by atoms with van der Waals surface area (Å²) in [7, 11) is 0. The Kier molecular flexibility index (Phi) is 4.88. The van der Waals surface area contributed by atoms with Crippen molar-refractivity contribution in [2.24, 2.45) is 0 Å². The third kappa shape index (κ3) is 3.70. The molecule has 1 aliphatic carbocycles. The zero-order valence-electron chi connectivity index (χ0n) is 15.9. The molecule has 3 aromatic rings. The molecule has 4 rings (SSSR count). The van der Waals surface area contributed by atoms with Crippen LogP contribution in [0.2, 0.25) is 0 Å². The highest BCUT2D eigenvalue weighted by Gasteiger charge is 2.23. The van der Waals surface area contributed by atoms with Gasteiger partial charge in [0.2, 0.25) is 0 Å². The summed E-state index contributed by atoms with van der Waals surface area (Å²) in [6.45, 7) is 3.82. The van der Waals surface area contributed by atoms with E-state index in [0.29, 0.717) is 5.92 Å². The van der Waals surface area contributed by atoms with Gasteiger partial charge in [-0.05, 0) is 50.8 Å². The highest BCUT2D eigenvalue weighted by atomic mass is 16.1. The van der Waals surface area contributed by atoms with Crippen LogP contribution in [0.3, 0.4) is 0 Å². The van der Waals surface area contributed by atoms with Gasteiger partial charge in [-0.25, -0.2) is 14.5 Å². The summed E-state index contributed by atoms with van der Waals surface area (Å²) in [5.74, 6) is 2.42. The number of aromatic nitrogens is 5. The van der Waals surface area contributed by atoms with Crippen LogP contribution in [-0.4, -0.2) is 24.7 Å². The average Bonchev–Trinajstić information content (AvgIpc) is 3.31. The number of para-hydroxylation sites is 1. The molecule has 0 saturated heterocycles. The molecular weight excluding hydrogens is 338 g/mol. The first kappa shape index (κ1) is 17.6. The summed E-state index contributed by atoms with van der Waals surface area (Å²) in [6.07, 6.45) is 6.42. The molecule has 1 aliphatic rings. The molecule has 2 aromatic heterocycles. The summed E-state index contributed by atoms with van der Waals surface area (Å²) >= 11 is 0. The molecule has 27 heavy (non-hydrogen) atoms. The molecule has 0 radical (unpaired) electrons. The van der Waals surface area contributed by atoms with Crippen molar-refractivity contribution >= 4 is 0 Å². The van der Waals surface area contributed by atoms with Gasteiger partial charge in [0.05, 0.1) is 5.69 Å². The van der Waals surface area contributed by atoms with E-state index >= 15 is 0 Å². The maximum Gasteiger partial charge on any atom is 0.345 e. The van der Waals surface area contributed by atoms with Crippen molar-refractivity contribution in [2.75, 3.05) is 0 Å². The fourth-order valence-corrected chi connectivity index (χ4v) is 4.02. The molecule has 0 atom stereocenters. The van der Waals surface area contributed by atoms with E-state index in [0.717, 1.165) is 47.1 Å². The minimum atomic E-state index is -0.287. The monoisotopic (exact) mass is 363 g/mol. The van der Waals surface area contributed by atoms with Gasteiger partial charge in [0.25, 0.3) is 0 Å². The third-order valence-corrected chi connectivity index (χ3v) is 5.46. The zero-order chi connectivity index (χ0) is 18.8. The molecule has 1 aromatic carbocycles. The molecule has 0 amide bonds. The number of benzene rings is 1. The van der Waals surface area contributed by atoms with E-state index in [-0.39, 0.29) is 5.69 Å². The van der Waals surface area contributed by atoms with Crippen LogP contribution in [0.15, 0.2) is 35.1 Å². The summed E-state index contributed by atoms with van der Waals surface area (Å²) < 4.78 is 1.98. The Morgan fingerprint density at radius 3 is 2.52 bits per heavy atom. The first-order valence-electron chi connectivity index (χ1n) is 9.69. The van der Waals surface area contributed by atoms with Gasteiger partial charge in [-0.1, -0.05) is 31.0 Å². The maximum atomic E-state index is 11.5. The Morgan fingerprint density at radius 2 is 1.81 bits per heavy atom. The van der Waals surface area contributed by atoms with E-state index in [1.54, 1.807) is 0 Å². The molecule has 0 bridgehead atoms. The van der Waals surface area contributed by atoms with E-state index in [9.17, 15) is 4.79 Å². The van der Waals surface area contributed by atoms with Crippen LogP contribution in [0.1, 0.15) is 60.2 Å². The summed E-state index contributed by atoms with van der Waals surface area (Å²) in [4.78, 5) is 23.3. The standard InChI is InChI=1S/C21H25N5O/c1-14-18(15(2)23-21(27)22-14)12-13-19-24-20(16-8-6-7-9-16)25-26(19)17-10-4-3-5-11-17/h3-5,10-11,16H,6-9,12-13H2,1-2H3,(H,22,23,27). The number of aromatic amines is 1. The minimum absolute atomic E-state index is 0.287. The van der Waals surface area contributed by atoms with Crippen LogP contribution in [-0.2, 0) is 12.8 Å². The average molecular weight is 363 g/mol. The number of aryl methyl sites for hydroxylation is 3. The number of rotatable bonds is 5. The van der Waals surface area contributed by atoms with Crippen molar-refractivity contribution in [3.63, 3.8) is 0 Å². The number of nitrogens with one attached hydrogen (secondary N) is 1. The van der Waals surface area contributed by atoms with Crippen molar-refractivity contribution in [3.8, 4) is 5.69 Å². The highest BCUT2D eigenvalue weighted by Crippen LogP contribution is 2.32. The van der Waals surface area contributed by atoms with Crippen molar-refractivity contribution in [2.45, 2.75) is 58.3 Å². The molecule has 0 aliphatic heterocycles. The van der Waals surface area contributed by atoms with Gasteiger partial charge in [0, 0.05) is 23.7 Å². The van der Waals surface area contributed by atoms with Crippen molar-refractivity contribution in [3.05, 3.63) is 69.4 Å². The molecule has 6 heteroatoms. The molecule has 2 heterocycles.